The number of anilines is 1. The van der Waals surface area contributed by atoms with E-state index in [1.54, 1.807) is 0 Å². The first kappa shape index (κ1) is 15.0. The molecule has 6 heteroatoms. The van der Waals surface area contributed by atoms with Crippen molar-refractivity contribution in [1.29, 1.82) is 0 Å². The average molecular weight is 303 g/mol. The van der Waals surface area contributed by atoms with Crippen LogP contribution in [0.25, 0.3) is 0 Å². The second kappa shape index (κ2) is 6.89. The SMILES string of the molecule is O=C(NCc1ccc(N2CCCC2=O)cc1)C1CNCCO1. The lowest BCUT2D eigenvalue weighted by Gasteiger charge is -2.22. The van der Waals surface area contributed by atoms with Crippen LogP contribution in [0.1, 0.15) is 18.4 Å². The molecule has 0 aromatic heterocycles. The van der Waals surface area contributed by atoms with Gasteiger partial charge >= 0.3 is 0 Å². The van der Waals surface area contributed by atoms with Crippen molar-refractivity contribution in [2.45, 2.75) is 25.5 Å². The lowest BCUT2D eigenvalue weighted by Crippen LogP contribution is -2.47. The molecule has 6 nitrogen and oxygen atoms in total. The van der Waals surface area contributed by atoms with Crippen LogP contribution in [0, 0.1) is 0 Å². The summed E-state index contributed by atoms with van der Waals surface area (Å²) in [6.45, 7) is 3.17. The third kappa shape index (κ3) is 3.45. The van der Waals surface area contributed by atoms with Crippen LogP contribution in [0.3, 0.4) is 0 Å². The summed E-state index contributed by atoms with van der Waals surface area (Å²) in [6, 6.07) is 7.76. The molecule has 0 saturated carbocycles. The number of rotatable bonds is 4. The van der Waals surface area contributed by atoms with E-state index in [2.05, 4.69) is 10.6 Å². The van der Waals surface area contributed by atoms with E-state index in [4.69, 9.17) is 4.74 Å². The molecular formula is C16H21N3O3. The maximum absolute atomic E-state index is 12.0. The highest BCUT2D eigenvalue weighted by molar-refractivity contribution is 5.95. The van der Waals surface area contributed by atoms with Gasteiger partial charge in [-0.1, -0.05) is 12.1 Å². The summed E-state index contributed by atoms with van der Waals surface area (Å²) in [7, 11) is 0. The Morgan fingerprint density at radius 3 is 2.82 bits per heavy atom. The molecule has 1 aromatic rings. The van der Waals surface area contributed by atoms with Gasteiger partial charge in [-0.05, 0) is 24.1 Å². The van der Waals surface area contributed by atoms with Crippen LogP contribution in [0.5, 0.6) is 0 Å². The summed E-state index contributed by atoms with van der Waals surface area (Å²) in [5.41, 5.74) is 1.94. The zero-order chi connectivity index (χ0) is 15.4. The van der Waals surface area contributed by atoms with E-state index >= 15 is 0 Å². The fraction of sp³-hybridized carbons (Fsp3) is 0.500. The minimum absolute atomic E-state index is 0.0917. The van der Waals surface area contributed by atoms with E-state index in [1.165, 1.54) is 0 Å². The molecule has 2 amide bonds. The highest BCUT2D eigenvalue weighted by atomic mass is 16.5. The van der Waals surface area contributed by atoms with Crippen molar-refractivity contribution < 1.29 is 14.3 Å². The zero-order valence-corrected chi connectivity index (χ0v) is 12.5. The standard InChI is InChI=1S/C16H21N3O3/c20-15-2-1-8-19(15)13-5-3-12(4-6-13)10-18-16(21)14-11-17-7-9-22-14/h3-6,14,17H,1-2,7-11H2,(H,18,21). The molecule has 1 aromatic carbocycles. The third-order valence-corrected chi connectivity index (χ3v) is 4.01. The molecule has 0 radical (unpaired) electrons. The molecule has 2 fully saturated rings. The van der Waals surface area contributed by atoms with E-state index in [9.17, 15) is 9.59 Å². The fourth-order valence-corrected chi connectivity index (χ4v) is 2.75. The number of carbonyl (C=O) groups excluding carboxylic acids is 2. The normalized spacial score (nSPS) is 21.9. The van der Waals surface area contributed by atoms with Crippen molar-refractivity contribution in [1.82, 2.24) is 10.6 Å². The first-order chi connectivity index (χ1) is 10.7. The monoisotopic (exact) mass is 303 g/mol. The lowest BCUT2D eigenvalue weighted by atomic mass is 10.2. The molecule has 3 rings (SSSR count). The first-order valence-electron chi connectivity index (χ1n) is 7.73. The van der Waals surface area contributed by atoms with Crippen LogP contribution in [0.4, 0.5) is 5.69 Å². The van der Waals surface area contributed by atoms with Gasteiger partial charge in [0.05, 0.1) is 6.61 Å². The van der Waals surface area contributed by atoms with Crippen LogP contribution >= 0.6 is 0 Å². The molecule has 1 unspecified atom stereocenters. The van der Waals surface area contributed by atoms with Gasteiger partial charge < -0.3 is 20.3 Å². The average Bonchev–Trinajstić information content (AvgIpc) is 3.00. The third-order valence-electron chi connectivity index (χ3n) is 4.01. The van der Waals surface area contributed by atoms with Crippen molar-refractivity contribution in [3.05, 3.63) is 29.8 Å². The van der Waals surface area contributed by atoms with E-state index in [-0.39, 0.29) is 11.8 Å². The van der Waals surface area contributed by atoms with Gasteiger partial charge in [0, 0.05) is 38.3 Å². The molecule has 0 aliphatic carbocycles. The van der Waals surface area contributed by atoms with Gasteiger partial charge in [0.1, 0.15) is 6.10 Å². The largest absolute Gasteiger partial charge is 0.366 e. The Morgan fingerprint density at radius 2 is 2.18 bits per heavy atom. The van der Waals surface area contributed by atoms with E-state index in [1.807, 2.05) is 29.2 Å². The molecule has 1 atom stereocenters. The Hall–Kier alpha value is -1.92. The summed E-state index contributed by atoms with van der Waals surface area (Å²) in [5.74, 6) is 0.0917. The number of carbonyl (C=O) groups is 2. The Balaban J connectivity index is 1.52. The molecule has 2 N–H and O–H groups in total. The predicted octanol–water partition coefficient (Wildman–Crippen LogP) is 0.418. The number of hydrogen-bond acceptors (Lipinski definition) is 4. The van der Waals surface area contributed by atoms with Crippen molar-refractivity contribution in [3.8, 4) is 0 Å². The summed E-state index contributed by atoms with van der Waals surface area (Å²) in [6.07, 6.45) is 1.15. The minimum Gasteiger partial charge on any atom is -0.366 e. The van der Waals surface area contributed by atoms with E-state index in [0.717, 1.165) is 30.8 Å². The zero-order valence-electron chi connectivity index (χ0n) is 12.5. The summed E-state index contributed by atoms with van der Waals surface area (Å²) in [4.78, 5) is 25.5. The van der Waals surface area contributed by atoms with E-state index in [0.29, 0.717) is 26.1 Å². The van der Waals surface area contributed by atoms with Gasteiger partial charge in [-0.25, -0.2) is 0 Å². The van der Waals surface area contributed by atoms with Crippen LogP contribution < -0.4 is 15.5 Å². The molecule has 2 heterocycles. The number of amides is 2. The number of morpholine rings is 1. The number of benzene rings is 1. The predicted molar refractivity (Wildman–Crippen MR) is 82.5 cm³/mol. The van der Waals surface area contributed by atoms with Gasteiger partial charge in [-0.3, -0.25) is 9.59 Å². The molecule has 0 bridgehead atoms. The van der Waals surface area contributed by atoms with Gasteiger partial charge in [0.15, 0.2) is 0 Å². The molecule has 0 spiro atoms. The molecule has 2 aliphatic heterocycles. The number of nitrogens with one attached hydrogen (secondary N) is 2. The lowest BCUT2D eigenvalue weighted by molar-refractivity contribution is -0.134. The quantitative estimate of drug-likeness (QED) is 0.845. The smallest absolute Gasteiger partial charge is 0.250 e. The Kier molecular flexibility index (Phi) is 4.70. The second-order valence-electron chi connectivity index (χ2n) is 5.60. The number of ether oxygens (including phenoxy) is 1. The minimum atomic E-state index is -0.407. The highest BCUT2D eigenvalue weighted by Gasteiger charge is 2.22. The molecule has 2 saturated heterocycles. The van der Waals surface area contributed by atoms with Crippen molar-refractivity contribution in [3.63, 3.8) is 0 Å². The first-order valence-corrected chi connectivity index (χ1v) is 7.73. The van der Waals surface area contributed by atoms with Crippen LogP contribution in [-0.2, 0) is 20.9 Å². The fourth-order valence-electron chi connectivity index (χ4n) is 2.75. The maximum Gasteiger partial charge on any atom is 0.250 e. The summed E-state index contributed by atoms with van der Waals surface area (Å²) < 4.78 is 5.41. The van der Waals surface area contributed by atoms with E-state index < -0.39 is 6.10 Å². The molecular weight excluding hydrogens is 282 g/mol. The Bertz CT molecular complexity index is 538. The summed E-state index contributed by atoms with van der Waals surface area (Å²) >= 11 is 0. The summed E-state index contributed by atoms with van der Waals surface area (Å²) in [5, 5.41) is 6.02. The second-order valence-corrected chi connectivity index (χ2v) is 5.60. The Labute approximate surface area is 129 Å². The maximum atomic E-state index is 12.0. The Morgan fingerprint density at radius 1 is 1.36 bits per heavy atom. The number of hydrogen-bond donors (Lipinski definition) is 2. The molecule has 118 valence electrons. The van der Waals surface area contributed by atoms with Gasteiger partial charge in [-0.2, -0.15) is 0 Å². The number of nitrogens with zero attached hydrogens (tertiary/aromatic N) is 1. The van der Waals surface area contributed by atoms with Gasteiger partial charge in [0.2, 0.25) is 5.91 Å². The molecule has 22 heavy (non-hydrogen) atoms. The molecule has 2 aliphatic rings. The van der Waals surface area contributed by atoms with Gasteiger partial charge in [-0.15, -0.1) is 0 Å². The van der Waals surface area contributed by atoms with Crippen molar-refractivity contribution in [2.75, 3.05) is 31.1 Å². The highest BCUT2D eigenvalue weighted by Crippen LogP contribution is 2.21. The topological polar surface area (TPSA) is 70.7 Å². The van der Waals surface area contributed by atoms with Crippen LogP contribution in [0.15, 0.2) is 24.3 Å². The van der Waals surface area contributed by atoms with Crippen LogP contribution in [0.2, 0.25) is 0 Å². The van der Waals surface area contributed by atoms with Crippen LogP contribution in [-0.4, -0.2) is 44.2 Å². The van der Waals surface area contributed by atoms with Crippen molar-refractivity contribution >= 4 is 17.5 Å². The van der Waals surface area contributed by atoms with Crippen molar-refractivity contribution in [2.24, 2.45) is 0 Å². The van der Waals surface area contributed by atoms with Gasteiger partial charge in [0.25, 0.3) is 5.91 Å².